The highest BCUT2D eigenvalue weighted by Gasteiger charge is 2.16. The zero-order valence-corrected chi connectivity index (χ0v) is 13.1. The summed E-state index contributed by atoms with van der Waals surface area (Å²) < 4.78 is 0.114. The van der Waals surface area contributed by atoms with Crippen LogP contribution in [0.1, 0.15) is 42.3 Å². The zero-order valence-electron chi connectivity index (χ0n) is 12.3. The third-order valence-electron chi connectivity index (χ3n) is 2.73. The predicted octanol–water partition coefficient (Wildman–Crippen LogP) is 4.51. The van der Waals surface area contributed by atoms with Crippen molar-refractivity contribution in [3.05, 3.63) is 59.3 Å². The van der Waals surface area contributed by atoms with Crippen LogP contribution in [0, 0.1) is 6.92 Å². The van der Waals surface area contributed by atoms with Crippen molar-refractivity contribution < 1.29 is 4.79 Å². The molecule has 0 radical (unpaired) electrons. The van der Waals surface area contributed by atoms with Crippen molar-refractivity contribution in [2.24, 2.45) is 0 Å². The van der Waals surface area contributed by atoms with Gasteiger partial charge in [0, 0.05) is 22.1 Å². The van der Waals surface area contributed by atoms with Gasteiger partial charge in [-0.15, -0.1) is 11.8 Å². The maximum Gasteiger partial charge on any atom is 0.194 e. The molecule has 0 aliphatic rings. The first-order valence-electron chi connectivity index (χ1n) is 6.62. The molecule has 0 spiro atoms. The van der Waals surface area contributed by atoms with Gasteiger partial charge < -0.3 is 0 Å². The number of carbonyl (C=O) groups excluding carboxylic acids is 1. The van der Waals surface area contributed by atoms with E-state index in [0.29, 0.717) is 11.1 Å². The number of benzene rings is 1. The van der Waals surface area contributed by atoms with Crippen molar-refractivity contribution in [2.45, 2.75) is 37.5 Å². The number of carbonyl (C=O) groups is 1. The Hall–Kier alpha value is -1.61. The van der Waals surface area contributed by atoms with Crippen molar-refractivity contribution in [1.29, 1.82) is 0 Å². The molecule has 1 aromatic carbocycles. The normalized spacial score (nSPS) is 11.4. The molecule has 3 heteroatoms. The second-order valence-corrected chi connectivity index (χ2v) is 7.57. The van der Waals surface area contributed by atoms with E-state index in [2.05, 4.69) is 25.8 Å². The molecule has 2 aromatic rings. The van der Waals surface area contributed by atoms with Gasteiger partial charge in [0.1, 0.15) is 0 Å². The van der Waals surface area contributed by atoms with Crippen molar-refractivity contribution in [3.63, 3.8) is 0 Å². The fraction of sp³-hybridized carbons (Fsp3) is 0.294. The topological polar surface area (TPSA) is 30.0 Å². The lowest BCUT2D eigenvalue weighted by atomic mass is 10.0. The maximum absolute atomic E-state index is 12.3. The van der Waals surface area contributed by atoms with Gasteiger partial charge in [0.05, 0.1) is 5.03 Å². The van der Waals surface area contributed by atoms with Crippen molar-refractivity contribution in [3.8, 4) is 0 Å². The molecule has 0 aliphatic carbocycles. The van der Waals surface area contributed by atoms with Gasteiger partial charge >= 0.3 is 0 Å². The summed E-state index contributed by atoms with van der Waals surface area (Å²) in [7, 11) is 0. The Kier molecular flexibility index (Phi) is 4.29. The van der Waals surface area contributed by atoms with Gasteiger partial charge in [-0.05, 0) is 18.6 Å². The maximum atomic E-state index is 12.3. The predicted molar refractivity (Wildman–Crippen MR) is 84.5 cm³/mol. The van der Waals surface area contributed by atoms with Gasteiger partial charge in [-0.3, -0.25) is 4.79 Å². The first-order chi connectivity index (χ1) is 9.37. The second-order valence-electron chi connectivity index (χ2n) is 5.76. The minimum atomic E-state index is 0.0218. The summed E-state index contributed by atoms with van der Waals surface area (Å²) in [4.78, 5) is 16.8. The summed E-state index contributed by atoms with van der Waals surface area (Å²) in [6.07, 6.45) is 1.68. The van der Waals surface area contributed by atoms with Crippen molar-refractivity contribution in [1.82, 2.24) is 4.98 Å². The molecule has 0 unspecified atom stereocenters. The highest BCUT2D eigenvalue weighted by Crippen LogP contribution is 2.32. The molecule has 0 aliphatic heterocycles. The van der Waals surface area contributed by atoms with Crippen LogP contribution in [-0.4, -0.2) is 15.5 Å². The van der Waals surface area contributed by atoms with E-state index in [1.807, 2.05) is 43.3 Å². The molecular weight excluding hydrogens is 266 g/mol. The number of pyridine rings is 1. The number of ketones is 1. The fourth-order valence-electron chi connectivity index (χ4n) is 1.84. The zero-order chi connectivity index (χ0) is 14.8. The third-order valence-corrected chi connectivity index (χ3v) is 3.96. The van der Waals surface area contributed by atoms with Crippen LogP contribution in [0.2, 0.25) is 0 Å². The van der Waals surface area contributed by atoms with Crippen molar-refractivity contribution in [2.75, 3.05) is 0 Å². The van der Waals surface area contributed by atoms with Crippen LogP contribution in [0.5, 0.6) is 0 Å². The van der Waals surface area contributed by atoms with Gasteiger partial charge in [-0.2, -0.15) is 0 Å². The Morgan fingerprint density at radius 3 is 2.30 bits per heavy atom. The summed E-state index contributed by atoms with van der Waals surface area (Å²) in [5, 5.41) is 0.988. The highest BCUT2D eigenvalue weighted by molar-refractivity contribution is 8.00. The standard InChI is InChI=1S/C17H19NOS/c1-12-10-14(11-18-16(12)20-17(2,3)4)15(19)13-8-6-5-7-9-13/h5-11H,1-4H3. The fourth-order valence-corrected chi connectivity index (χ4v) is 2.74. The van der Waals surface area contributed by atoms with E-state index >= 15 is 0 Å². The lowest BCUT2D eigenvalue weighted by Gasteiger charge is -2.18. The van der Waals surface area contributed by atoms with Gasteiger partial charge in [0.15, 0.2) is 5.78 Å². The van der Waals surface area contributed by atoms with Crippen molar-refractivity contribution >= 4 is 17.5 Å². The first kappa shape index (κ1) is 14.8. The molecule has 2 rings (SSSR count). The molecule has 2 nitrogen and oxygen atoms in total. The summed E-state index contributed by atoms with van der Waals surface area (Å²) in [5.41, 5.74) is 2.39. The summed E-state index contributed by atoms with van der Waals surface area (Å²) in [6, 6.07) is 11.2. The largest absolute Gasteiger partial charge is 0.289 e. The Morgan fingerprint density at radius 2 is 1.75 bits per heavy atom. The lowest BCUT2D eigenvalue weighted by Crippen LogP contribution is -2.09. The molecule has 0 fully saturated rings. The molecule has 1 aromatic heterocycles. The quantitative estimate of drug-likeness (QED) is 0.614. The highest BCUT2D eigenvalue weighted by atomic mass is 32.2. The number of hydrogen-bond acceptors (Lipinski definition) is 3. The minimum absolute atomic E-state index is 0.0218. The molecule has 0 bridgehead atoms. The summed E-state index contributed by atoms with van der Waals surface area (Å²) in [5.74, 6) is 0.0218. The number of aromatic nitrogens is 1. The molecule has 0 atom stereocenters. The molecule has 1 heterocycles. The molecule has 0 saturated heterocycles. The van der Waals surface area contributed by atoms with E-state index in [9.17, 15) is 4.79 Å². The van der Waals surface area contributed by atoms with Crippen LogP contribution in [0.15, 0.2) is 47.6 Å². The number of hydrogen-bond donors (Lipinski definition) is 0. The van der Waals surface area contributed by atoms with E-state index < -0.39 is 0 Å². The van der Waals surface area contributed by atoms with Gasteiger partial charge in [0.25, 0.3) is 0 Å². The van der Waals surface area contributed by atoms with Crippen LogP contribution < -0.4 is 0 Å². The Bertz CT molecular complexity index is 615. The molecule has 0 saturated carbocycles. The van der Waals surface area contributed by atoms with E-state index in [-0.39, 0.29) is 10.5 Å². The van der Waals surface area contributed by atoms with Gasteiger partial charge in [-0.25, -0.2) is 4.98 Å². The van der Waals surface area contributed by atoms with E-state index in [1.165, 1.54) is 0 Å². The Morgan fingerprint density at radius 1 is 1.10 bits per heavy atom. The van der Waals surface area contributed by atoms with Crippen LogP contribution in [0.3, 0.4) is 0 Å². The minimum Gasteiger partial charge on any atom is -0.289 e. The van der Waals surface area contributed by atoms with E-state index in [0.717, 1.165) is 10.6 Å². The number of nitrogens with zero attached hydrogens (tertiary/aromatic N) is 1. The van der Waals surface area contributed by atoms with Crippen LogP contribution in [0.25, 0.3) is 0 Å². The second kappa shape index (κ2) is 5.80. The monoisotopic (exact) mass is 285 g/mol. The Balaban J connectivity index is 2.28. The van der Waals surface area contributed by atoms with Crippen LogP contribution in [0.4, 0.5) is 0 Å². The molecule has 0 amide bonds. The average Bonchev–Trinajstić information content (AvgIpc) is 2.40. The molecule has 20 heavy (non-hydrogen) atoms. The smallest absolute Gasteiger partial charge is 0.194 e. The van der Waals surface area contributed by atoms with Crippen LogP contribution >= 0.6 is 11.8 Å². The van der Waals surface area contributed by atoms with E-state index in [4.69, 9.17) is 0 Å². The number of rotatable bonds is 3. The Labute approximate surface area is 124 Å². The number of thioether (sulfide) groups is 1. The third kappa shape index (κ3) is 3.70. The SMILES string of the molecule is Cc1cc(C(=O)c2ccccc2)cnc1SC(C)(C)C. The first-order valence-corrected chi connectivity index (χ1v) is 7.44. The van der Waals surface area contributed by atoms with Crippen LogP contribution in [-0.2, 0) is 0 Å². The van der Waals surface area contributed by atoms with E-state index in [1.54, 1.807) is 18.0 Å². The molecule has 0 N–H and O–H groups in total. The summed E-state index contributed by atoms with van der Waals surface area (Å²) in [6.45, 7) is 8.47. The summed E-state index contributed by atoms with van der Waals surface area (Å²) >= 11 is 1.72. The van der Waals surface area contributed by atoms with Gasteiger partial charge in [0.2, 0.25) is 0 Å². The molecule has 104 valence electrons. The lowest BCUT2D eigenvalue weighted by molar-refractivity contribution is 0.103. The number of aryl methyl sites for hydroxylation is 1. The molecular formula is C17H19NOS. The van der Waals surface area contributed by atoms with Gasteiger partial charge in [-0.1, -0.05) is 51.1 Å². The average molecular weight is 285 g/mol.